The number of piperidine rings is 1. The highest BCUT2D eigenvalue weighted by atomic mass is 16.5. The number of nitrogens with zero attached hydrogens (tertiary/aromatic N) is 5. The van der Waals surface area contributed by atoms with Crippen LogP contribution in [0, 0.1) is 0 Å². The lowest BCUT2D eigenvalue weighted by atomic mass is 10.1. The first-order valence-corrected chi connectivity index (χ1v) is 11.3. The van der Waals surface area contributed by atoms with Gasteiger partial charge < -0.3 is 29.9 Å². The van der Waals surface area contributed by atoms with Crippen LogP contribution in [-0.4, -0.2) is 70.6 Å². The van der Waals surface area contributed by atoms with Crippen LogP contribution in [-0.2, 0) is 20.9 Å². The molecule has 0 bridgehead atoms. The van der Waals surface area contributed by atoms with Gasteiger partial charge in [0.2, 0.25) is 0 Å². The number of anilines is 1. The Labute approximate surface area is 194 Å². The first kappa shape index (κ1) is 24.8. The second-order valence-electron chi connectivity index (χ2n) is 8.33. The molecule has 1 fully saturated rings. The van der Waals surface area contributed by atoms with E-state index in [1.54, 1.807) is 19.4 Å². The van der Waals surface area contributed by atoms with E-state index in [1.807, 2.05) is 6.07 Å². The zero-order valence-electron chi connectivity index (χ0n) is 19.9. The molecule has 1 aliphatic heterocycles. The summed E-state index contributed by atoms with van der Waals surface area (Å²) in [4.78, 5) is 26.9. The Morgan fingerprint density at radius 2 is 2.12 bits per heavy atom. The van der Waals surface area contributed by atoms with E-state index < -0.39 is 0 Å². The predicted molar refractivity (Wildman–Crippen MR) is 129 cm³/mol. The Bertz CT molecular complexity index is 978. The van der Waals surface area contributed by atoms with E-state index in [-0.39, 0.29) is 25.4 Å². The molecule has 1 aliphatic rings. The molecule has 0 radical (unpaired) electrons. The highest BCUT2D eigenvalue weighted by molar-refractivity contribution is 6.03. The van der Waals surface area contributed by atoms with Gasteiger partial charge in [0.1, 0.15) is 48.7 Å². The van der Waals surface area contributed by atoms with Gasteiger partial charge in [-0.25, -0.2) is 15.0 Å². The number of pyridine rings is 1. The summed E-state index contributed by atoms with van der Waals surface area (Å²) in [5, 5.41) is 3.29. The van der Waals surface area contributed by atoms with Crippen molar-refractivity contribution in [2.45, 2.75) is 58.5 Å². The highest BCUT2D eigenvalue weighted by Gasteiger charge is 2.22. The summed E-state index contributed by atoms with van der Waals surface area (Å²) in [6, 6.07) is 2.10. The molecule has 1 saturated heterocycles. The monoisotopic (exact) mass is 457 g/mol. The number of likely N-dealkylation sites (tertiary alicyclic amines) is 1. The van der Waals surface area contributed by atoms with E-state index in [9.17, 15) is 4.79 Å². The molecule has 0 aromatic carbocycles. The number of hydrogen-bond donors (Lipinski definition) is 2. The maximum Gasteiger partial charge on any atom is 0.145 e. The van der Waals surface area contributed by atoms with Crippen LogP contribution in [0.1, 0.15) is 45.5 Å². The van der Waals surface area contributed by atoms with Crippen molar-refractivity contribution in [2.75, 3.05) is 32.1 Å². The van der Waals surface area contributed by atoms with Gasteiger partial charge in [0.25, 0.3) is 0 Å². The van der Waals surface area contributed by atoms with E-state index in [0.29, 0.717) is 17.8 Å². The lowest BCUT2D eigenvalue weighted by Gasteiger charge is -2.33. The van der Waals surface area contributed by atoms with Crippen LogP contribution < -0.4 is 11.1 Å². The molecule has 3 heterocycles. The molecule has 1 unspecified atom stereocenters. The van der Waals surface area contributed by atoms with Crippen molar-refractivity contribution in [3.8, 4) is 0 Å². The maximum atomic E-state index is 10.6. The third-order valence-corrected chi connectivity index (χ3v) is 5.76. The molecule has 10 heteroatoms. The van der Waals surface area contributed by atoms with Crippen molar-refractivity contribution in [2.24, 2.45) is 10.7 Å². The second-order valence-corrected chi connectivity index (χ2v) is 8.33. The fourth-order valence-corrected chi connectivity index (χ4v) is 4.10. The molecule has 180 valence electrons. The molecule has 10 nitrogen and oxygen atoms in total. The van der Waals surface area contributed by atoms with Gasteiger partial charge in [0.05, 0.1) is 17.8 Å². The number of imidazole rings is 1. The summed E-state index contributed by atoms with van der Waals surface area (Å²) < 4.78 is 12.9. The largest absolute Gasteiger partial charge is 0.404 e. The number of aldehydes is 1. The Morgan fingerprint density at radius 3 is 2.76 bits per heavy atom. The Hall–Kier alpha value is -2.82. The Kier molecular flexibility index (Phi) is 8.93. The number of carbonyl (C=O) groups excluding carboxylic acids is 1. The fourth-order valence-electron chi connectivity index (χ4n) is 4.10. The predicted octanol–water partition coefficient (Wildman–Crippen LogP) is 2.47. The van der Waals surface area contributed by atoms with Crippen molar-refractivity contribution in [1.29, 1.82) is 0 Å². The number of nitrogens with two attached hydrogens (primary N) is 1. The maximum absolute atomic E-state index is 10.6. The molecule has 2 aromatic heterocycles. The summed E-state index contributed by atoms with van der Waals surface area (Å²) in [5.41, 5.74) is 7.38. The lowest BCUT2D eigenvalue weighted by Crippen LogP contribution is -2.41. The first-order valence-electron chi connectivity index (χ1n) is 11.3. The molecule has 0 aliphatic carbocycles. The van der Waals surface area contributed by atoms with Crippen LogP contribution >= 0.6 is 0 Å². The summed E-state index contributed by atoms with van der Waals surface area (Å²) in [6.07, 6.45) is 7.99. The number of amidine groups is 1. The topological polar surface area (TPSA) is 120 Å². The van der Waals surface area contributed by atoms with Crippen molar-refractivity contribution in [3.63, 3.8) is 0 Å². The molecule has 0 spiro atoms. The number of aliphatic imine (C=N–C) groups is 1. The number of rotatable bonds is 10. The molecule has 2 aromatic rings. The zero-order valence-corrected chi connectivity index (χ0v) is 19.9. The Balaban J connectivity index is 1.81. The lowest BCUT2D eigenvalue weighted by molar-refractivity contribution is -0.112. The number of ether oxygens (including phenoxy) is 2. The molecular weight excluding hydrogens is 422 g/mol. The summed E-state index contributed by atoms with van der Waals surface area (Å²) in [6.45, 7) is 8.42. The summed E-state index contributed by atoms with van der Waals surface area (Å²) in [7, 11) is 1.77. The molecule has 1 atom stereocenters. The smallest absolute Gasteiger partial charge is 0.145 e. The minimum atomic E-state index is -0.00648. The van der Waals surface area contributed by atoms with Crippen molar-refractivity contribution >= 4 is 29.0 Å². The zero-order chi connectivity index (χ0) is 23.8. The second kappa shape index (κ2) is 11.9. The number of nitrogens with one attached hydrogen (secondary N) is 1. The molecular formula is C23H35N7O3. The van der Waals surface area contributed by atoms with Crippen LogP contribution in [0.3, 0.4) is 0 Å². The van der Waals surface area contributed by atoms with E-state index in [2.05, 4.69) is 45.5 Å². The Morgan fingerprint density at radius 1 is 1.36 bits per heavy atom. The van der Waals surface area contributed by atoms with Gasteiger partial charge >= 0.3 is 0 Å². The number of fused-ring (bicyclic) bond motifs is 1. The fraction of sp³-hybridized carbons (Fsp3) is 0.565. The molecule has 33 heavy (non-hydrogen) atoms. The van der Waals surface area contributed by atoms with Gasteiger partial charge in [0.15, 0.2) is 0 Å². The van der Waals surface area contributed by atoms with Crippen LogP contribution in [0.5, 0.6) is 0 Å². The average Bonchev–Trinajstić information content (AvgIpc) is 3.17. The highest BCUT2D eigenvalue weighted by Crippen LogP contribution is 2.23. The van der Waals surface area contributed by atoms with E-state index in [4.69, 9.17) is 20.2 Å². The minimum Gasteiger partial charge on any atom is -0.404 e. The van der Waals surface area contributed by atoms with Gasteiger partial charge in [-0.2, -0.15) is 0 Å². The third-order valence-electron chi connectivity index (χ3n) is 5.76. The van der Waals surface area contributed by atoms with Gasteiger partial charge in [-0.15, -0.1) is 0 Å². The molecule has 0 saturated carbocycles. The van der Waals surface area contributed by atoms with Crippen molar-refractivity contribution < 1.29 is 14.3 Å². The third kappa shape index (κ3) is 6.37. The van der Waals surface area contributed by atoms with Crippen LogP contribution in [0.25, 0.3) is 11.0 Å². The molecule has 3 N–H and O–H groups in total. The normalized spacial score (nSPS) is 17.3. The van der Waals surface area contributed by atoms with Gasteiger partial charge in [0, 0.05) is 32.3 Å². The van der Waals surface area contributed by atoms with Crippen LogP contribution in [0.4, 0.5) is 5.82 Å². The summed E-state index contributed by atoms with van der Waals surface area (Å²) in [5.74, 6) is 2.03. The van der Waals surface area contributed by atoms with Crippen LogP contribution in [0.15, 0.2) is 29.5 Å². The molecule has 3 rings (SSSR count). The number of carbonyl (C=O) groups is 1. The van der Waals surface area contributed by atoms with Crippen LogP contribution in [0.2, 0.25) is 0 Å². The van der Waals surface area contributed by atoms with Crippen molar-refractivity contribution in [3.05, 3.63) is 30.4 Å². The number of aromatic nitrogens is 3. The van der Waals surface area contributed by atoms with E-state index >= 15 is 0 Å². The standard InChI is InChI=1S/C23H35N7O3/c1-16(2)30-20-13-22(25-14-19(20)27-23(30)15-33-12-11-31)28-21(5-8-24)26-17(3)29-9-6-18(32-4)7-10-29/h5,8,11,13-14,16-18H,6-7,9-10,12,15,24H2,1-4H3,(H,25,26,28)/b8-5-. The van der Waals surface area contributed by atoms with Gasteiger partial charge in [-0.3, -0.25) is 4.90 Å². The van der Waals surface area contributed by atoms with Gasteiger partial charge in [-0.05, 0) is 45.9 Å². The van der Waals surface area contributed by atoms with Crippen molar-refractivity contribution in [1.82, 2.24) is 19.4 Å². The first-order chi connectivity index (χ1) is 16.0. The van der Waals surface area contributed by atoms with E-state index in [0.717, 1.165) is 49.1 Å². The summed E-state index contributed by atoms with van der Waals surface area (Å²) >= 11 is 0. The minimum absolute atomic E-state index is 0.00648. The SMILES string of the molecule is COC1CCN(C(C)/N=C(\C=C/N)Nc2cc3c(cn2)nc(COCC=O)n3C(C)C)CC1. The quantitative estimate of drug-likeness (QED) is 0.242. The van der Waals surface area contributed by atoms with E-state index in [1.165, 1.54) is 6.20 Å². The average molecular weight is 458 g/mol. The molecule has 0 amide bonds. The van der Waals surface area contributed by atoms with Gasteiger partial charge in [-0.1, -0.05) is 0 Å². The number of hydrogen-bond acceptors (Lipinski definition) is 8. The number of methoxy groups -OCH3 is 1.